The van der Waals surface area contributed by atoms with Gasteiger partial charge in [-0.25, -0.2) is 0 Å². The summed E-state index contributed by atoms with van der Waals surface area (Å²) in [5.41, 5.74) is 7.39. The molecule has 0 aromatic heterocycles. The standard InChI is InChI=1S/C15H13Cl2NO2/c1-9(19)13-7-12(18)3-5-15(13)20-8-10-6-11(16)2-4-14(10)17/h2-7H,8,18H2,1H3. The Hall–Kier alpha value is -1.71. The van der Waals surface area contributed by atoms with Gasteiger partial charge in [-0.3, -0.25) is 4.79 Å². The Balaban J connectivity index is 2.23. The number of nitrogens with two attached hydrogens (primary N) is 1. The number of benzene rings is 2. The minimum atomic E-state index is -0.107. The van der Waals surface area contributed by atoms with E-state index < -0.39 is 0 Å². The first-order chi connectivity index (χ1) is 9.47. The Kier molecular flexibility index (Phi) is 4.53. The summed E-state index contributed by atoms with van der Waals surface area (Å²) in [6.45, 7) is 1.69. The molecule has 104 valence electrons. The minimum Gasteiger partial charge on any atom is -0.488 e. The van der Waals surface area contributed by atoms with E-state index in [4.69, 9.17) is 33.7 Å². The molecule has 20 heavy (non-hydrogen) atoms. The van der Waals surface area contributed by atoms with Crippen LogP contribution < -0.4 is 10.5 Å². The second kappa shape index (κ2) is 6.16. The average molecular weight is 310 g/mol. The lowest BCUT2D eigenvalue weighted by Crippen LogP contribution is -2.03. The van der Waals surface area contributed by atoms with Gasteiger partial charge in [0.05, 0.1) is 5.56 Å². The van der Waals surface area contributed by atoms with Crippen LogP contribution in [0.15, 0.2) is 36.4 Å². The molecule has 0 saturated carbocycles. The van der Waals surface area contributed by atoms with E-state index in [9.17, 15) is 4.79 Å². The summed E-state index contributed by atoms with van der Waals surface area (Å²) in [7, 11) is 0. The molecule has 0 bridgehead atoms. The molecule has 0 unspecified atom stereocenters. The van der Waals surface area contributed by atoms with Crippen molar-refractivity contribution in [2.75, 3.05) is 5.73 Å². The van der Waals surface area contributed by atoms with Gasteiger partial charge >= 0.3 is 0 Å². The van der Waals surface area contributed by atoms with Crippen LogP contribution in [0.3, 0.4) is 0 Å². The van der Waals surface area contributed by atoms with Crippen LogP contribution in [-0.4, -0.2) is 5.78 Å². The number of carbonyl (C=O) groups excluding carboxylic acids is 1. The van der Waals surface area contributed by atoms with Crippen LogP contribution in [0.5, 0.6) is 5.75 Å². The molecule has 0 heterocycles. The topological polar surface area (TPSA) is 52.3 Å². The molecule has 0 atom stereocenters. The normalized spacial score (nSPS) is 10.3. The van der Waals surface area contributed by atoms with Gasteiger partial charge in [0.25, 0.3) is 0 Å². The lowest BCUT2D eigenvalue weighted by atomic mass is 10.1. The van der Waals surface area contributed by atoms with Crippen molar-refractivity contribution in [1.82, 2.24) is 0 Å². The molecular formula is C15H13Cl2NO2. The molecule has 0 aliphatic heterocycles. The highest BCUT2D eigenvalue weighted by Crippen LogP contribution is 2.26. The smallest absolute Gasteiger partial charge is 0.163 e. The van der Waals surface area contributed by atoms with E-state index in [0.29, 0.717) is 27.0 Å². The van der Waals surface area contributed by atoms with Gasteiger partial charge in [0.1, 0.15) is 12.4 Å². The number of anilines is 1. The van der Waals surface area contributed by atoms with Crippen LogP contribution in [0.25, 0.3) is 0 Å². The number of carbonyl (C=O) groups is 1. The van der Waals surface area contributed by atoms with E-state index in [0.717, 1.165) is 5.56 Å². The Morgan fingerprint density at radius 3 is 2.65 bits per heavy atom. The zero-order chi connectivity index (χ0) is 14.7. The summed E-state index contributed by atoms with van der Waals surface area (Å²) < 4.78 is 5.66. The van der Waals surface area contributed by atoms with Crippen molar-refractivity contribution in [3.8, 4) is 5.75 Å². The predicted octanol–water partition coefficient (Wildman–Crippen LogP) is 4.36. The number of Topliss-reactive ketones (excluding diaryl/α,β-unsaturated/α-hetero) is 1. The maximum absolute atomic E-state index is 11.6. The molecule has 0 spiro atoms. The third-order valence-corrected chi connectivity index (χ3v) is 3.38. The Morgan fingerprint density at radius 1 is 1.20 bits per heavy atom. The third-order valence-electron chi connectivity index (χ3n) is 2.77. The number of halogens is 2. The molecule has 3 nitrogen and oxygen atoms in total. The van der Waals surface area contributed by atoms with Gasteiger partial charge in [0.2, 0.25) is 0 Å². The molecule has 0 radical (unpaired) electrons. The summed E-state index contributed by atoms with van der Waals surface area (Å²) in [4.78, 5) is 11.6. The van der Waals surface area contributed by atoms with Crippen LogP contribution in [-0.2, 0) is 6.61 Å². The number of nitrogen functional groups attached to an aromatic ring is 1. The van der Waals surface area contributed by atoms with Crippen LogP contribution in [0.2, 0.25) is 10.0 Å². The third kappa shape index (κ3) is 3.44. The molecule has 2 aromatic rings. The number of ether oxygens (including phenoxy) is 1. The summed E-state index contributed by atoms with van der Waals surface area (Å²) in [5, 5.41) is 1.14. The number of ketones is 1. The van der Waals surface area contributed by atoms with Gasteiger partial charge in [0, 0.05) is 21.3 Å². The highest BCUT2D eigenvalue weighted by molar-refractivity contribution is 6.33. The summed E-state index contributed by atoms with van der Waals surface area (Å²) in [6.07, 6.45) is 0. The van der Waals surface area contributed by atoms with Crippen molar-refractivity contribution in [1.29, 1.82) is 0 Å². The van der Waals surface area contributed by atoms with Gasteiger partial charge in [-0.2, -0.15) is 0 Å². The van der Waals surface area contributed by atoms with Crippen LogP contribution in [0, 0.1) is 0 Å². The highest BCUT2D eigenvalue weighted by atomic mass is 35.5. The summed E-state index contributed by atoms with van der Waals surface area (Å²) in [5.74, 6) is 0.368. The number of rotatable bonds is 4. The molecule has 2 N–H and O–H groups in total. The van der Waals surface area contributed by atoms with Crippen molar-refractivity contribution >= 4 is 34.7 Å². The molecule has 2 rings (SSSR count). The van der Waals surface area contributed by atoms with Gasteiger partial charge in [0.15, 0.2) is 5.78 Å². The van der Waals surface area contributed by atoms with E-state index >= 15 is 0 Å². The maximum Gasteiger partial charge on any atom is 0.163 e. The largest absolute Gasteiger partial charge is 0.488 e. The van der Waals surface area contributed by atoms with E-state index in [2.05, 4.69) is 0 Å². The molecule has 5 heteroatoms. The molecule has 0 fully saturated rings. The predicted molar refractivity (Wildman–Crippen MR) is 81.7 cm³/mol. The molecule has 2 aromatic carbocycles. The lowest BCUT2D eigenvalue weighted by Gasteiger charge is -2.11. The van der Waals surface area contributed by atoms with Crippen molar-refractivity contribution in [2.45, 2.75) is 13.5 Å². The van der Waals surface area contributed by atoms with Crippen LogP contribution in [0.4, 0.5) is 5.69 Å². The Bertz CT molecular complexity index is 656. The average Bonchev–Trinajstić information content (AvgIpc) is 2.40. The zero-order valence-electron chi connectivity index (χ0n) is 10.8. The molecule has 0 aliphatic carbocycles. The minimum absolute atomic E-state index is 0.107. The van der Waals surface area contributed by atoms with Crippen LogP contribution >= 0.6 is 23.2 Å². The van der Waals surface area contributed by atoms with Crippen molar-refractivity contribution < 1.29 is 9.53 Å². The fourth-order valence-electron chi connectivity index (χ4n) is 1.76. The quantitative estimate of drug-likeness (QED) is 0.674. The lowest BCUT2D eigenvalue weighted by molar-refractivity contribution is 0.101. The van der Waals surface area contributed by atoms with Gasteiger partial charge in [-0.05, 0) is 43.3 Å². The Labute approximate surface area is 127 Å². The monoisotopic (exact) mass is 309 g/mol. The van der Waals surface area contributed by atoms with Crippen molar-refractivity contribution in [3.05, 3.63) is 57.6 Å². The first kappa shape index (κ1) is 14.7. The van der Waals surface area contributed by atoms with Gasteiger partial charge in [-0.15, -0.1) is 0 Å². The summed E-state index contributed by atoms with van der Waals surface area (Å²) >= 11 is 12.0. The van der Waals surface area contributed by atoms with Crippen molar-refractivity contribution in [3.63, 3.8) is 0 Å². The van der Waals surface area contributed by atoms with E-state index in [1.807, 2.05) is 0 Å². The van der Waals surface area contributed by atoms with Crippen LogP contribution in [0.1, 0.15) is 22.8 Å². The second-order valence-electron chi connectivity index (χ2n) is 4.34. The fraction of sp³-hybridized carbons (Fsp3) is 0.133. The Morgan fingerprint density at radius 2 is 1.95 bits per heavy atom. The SMILES string of the molecule is CC(=O)c1cc(N)ccc1OCc1cc(Cl)ccc1Cl. The van der Waals surface area contributed by atoms with Gasteiger partial charge in [-0.1, -0.05) is 23.2 Å². The fourth-order valence-corrected chi connectivity index (χ4v) is 2.12. The van der Waals surface area contributed by atoms with Crippen molar-refractivity contribution in [2.24, 2.45) is 0 Å². The molecular weight excluding hydrogens is 297 g/mol. The first-order valence-corrected chi connectivity index (χ1v) is 6.70. The van der Waals surface area contributed by atoms with E-state index in [1.165, 1.54) is 6.92 Å². The first-order valence-electron chi connectivity index (χ1n) is 5.94. The second-order valence-corrected chi connectivity index (χ2v) is 5.18. The maximum atomic E-state index is 11.6. The zero-order valence-corrected chi connectivity index (χ0v) is 12.3. The molecule has 0 aliphatic rings. The van der Waals surface area contributed by atoms with E-state index in [1.54, 1.807) is 36.4 Å². The number of hydrogen-bond donors (Lipinski definition) is 1. The molecule has 0 amide bonds. The van der Waals surface area contributed by atoms with Gasteiger partial charge < -0.3 is 10.5 Å². The highest BCUT2D eigenvalue weighted by Gasteiger charge is 2.10. The number of hydrogen-bond acceptors (Lipinski definition) is 3. The van der Waals surface area contributed by atoms with E-state index in [-0.39, 0.29) is 12.4 Å². The molecule has 0 saturated heterocycles. The summed E-state index contributed by atoms with van der Waals surface area (Å²) in [6, 6.07) is 10.1.